The lowest BCUT2D eigenvalue weighted by Crippen LogP contribution is -2.59. The van der Waals surface area contributed by atoms with Crippen molar-refractivity contribution in [1.82, 2.24) is 4.90 Å². The van der Waals surface area contributed by atoms with Gasteiger partial charge in [0.1, 0.15) is 5.75 Å². The van der Waals surface area contributed by atoms with Crippen LogP contribution in [0.4, 0.5) is 0 Å². The summed E-state index contributed by atoms with van der Waals surface area (Å²) in [5, 5.41) is 0. The number of ether oxygens (including phenoxy) is 1. The van der Waals surface area contributed by atoms with E-state index in [2.05, 4.69) is 12.1 Å². The molecule has 0 spiro atoms. The van der Waals surface area contributed by atoms with Gasteiger partial charge in [-0.05, 0) is 68.4 Å². The minimum absolute atomic E-state index is 0. The van der Waals surface area contributed by atoms with E-state index in [9.17, 15) is 0 Å². The minimum atomic E-state index is -1.97. The monoisotopic (exact) mass is 290 g/mol. The van der Waals surface area contributed by atoms with E-state index < -0.39 is 6.98 Å². The Hall–Kier alpha value is -1.02. The zero-order valence-corrected chi connectivity index (χ0v) is 12.2. The number of likely N-dealkylation sites (N-methyl/N-ethyl adjacent to an activating group) is 1. The van der Waals surface area contributed by atoms with Crippen LogP contribution in [-0.4, -0.2) is 31.6 Å². The van der Waals surface area contributed by atoms with Gasteiger partial charge in [0.25, 0.3) is 0 Å². The maximum atomic E-state index is 7.94. The third-order valence-electron chi connectivity index (χ3n) is 6.04. The van der Waals surface area contributed by atoms with E-state index >= 15 is 0 Å². The Labute approximate surface area is 133 Å². The van der Waals surface area contributed by atoms with Crippen LogP contribution in [-0.2, 0) is 11.8 Å². The third-order valence-corrected chi connectivity index (χ3v) is 6.04. The average Bonchev–Trinajstić information content (AvgIpc) is 2.53. The summed E-state index contributed by atoms with van der Waals surface area (Å²) in [6.45, 7) is -1.29. The van der Waals surface area contributed by atoms with Crippen molar-refractivity contribution in [3.63, 3.8) is 0 Å². The molecule has 3 atom stereocenters. The van der Waals surface area contributed by atoms with Crippen LogP contribution in [0.25, 0.3) is 0 Å². The Balaban J connectivity index is 0.00000169. The number of hydrogen-bond acceptors (Lipinski definition) is 2. The van der Waals surface area contributed by atoms with Crippen LogP contribution < -0.4 is 4.74 Å². The van der Waals surface area contributed by atoms with Crippen molar-refractivity contribution < 1.29 is 8.85 Å². The van der Waals surface area contributed by atoms with Crippen molar-refractivity contribution in [2.45, 2.75) is 57.4 Å². The van der Waals surface area contributed by atoms with Gasteiger partial charge in [-0.2, -0.15) is 0 Å². The summed E-state index contributed by atoms with van der Waals surface area (Å²) in [6, 6.07) is 6.58. The highest BCUT2D eigenvalue weighted by molar-refractivity contribution is 5.45. The number of piperidine rings is 1. The molecule has 0 aromatic heterocycles. The standard InChI is InChI=1S/C18H25NO.CH4/c1-19-10-9-18-8-4-3-5-15(18)17(19)11-13-6-7-14(20-2)12-16(13)18;/h6-7,12,15,17H,3-5,8-11H2,1-2H3;1H4/t15-,17+,18+;/m1./s1/i1D3;. The van der Waals surface area contributed by atoms with E-state index in [1.54, 1.807) is 7.11 Å². The minimum Gasteiger partial charge on any atom is -0.497 e. The number of fused-ring (bicyclic) bond motifs is 1. The van der Waals surface area contributed by atoms with E-state index in [-0.39, 0.29) is 18.9 Å². The molecule has 1 aliphatic heterocycles. The van der Waals surface area contributed by atoms with Gasteiger partial charge in [0.2, 0.25) is 0 Å². The summed E-state index contributed by atoms with van der Waals surface area (Å²) in [5.74, 6) is 1.41. The van der Waals surface area contributed by atoms with Gasteiger partial charge in [0.05, 0.1) is 7.11 Å². The van der Waals surface area contributed by atoms with Gasteiger partial charge in [-0.25, -0.2) is 0 Å². The zero-order valence-electron chi connectivity index (χ0n) is 15.2. The number of benzene rings is 1. The molecule has 0 unspecified atom stereocenters. The van der Waals surface area contributed by atoms with Gasteiger partial charge in [0.15, 0.2) is 0 Å². The van der Waals surface area contributed by atoms with Crippen molar-refractivity contribution in [3.8, 4) is 5.75 Å². The second kappa shape index (κ2) is 5.31. The molecule has 2 fully saturated rings. The van der Waals surface area contributed by atoms with Gasteiger partial charge in [-0.1, -0.05) is 26.3 Å². The highest BCUT2D eigenvalue weighted by Gasteiger charge is 2.53. The van der Waals surface area contributed by atoms with Crippen LogP contribution in [0.1, 0.15) is 54.8 Å². The highest BCUT2D eigenvalue weighted by Crippen LogP contribution is 2.55. The van der Waals surface area contributed by atoms with Gasteiger partial charge in [-0.15, -0.1) is 0 Å². The maximum absolute atomic E-state index is 7.94. The largest absolute Gasteiger partial charge is 0.497 e. The summed E-state index contributed by atoms with van der Waals surface area (Å²) < 4.78 is 29.3. The Morgan fingerprint density at radius 2 is 2.24 bits per heavy atom. The Morgan fingerprint density at radius 1 is 1.33 bits per heavy atom. The molecule has 1 aromatic carbocycles. The van der Waals surface area contributed by atoms with Gasteiger partial charge in [0, 0.05) is 15.6 Å². The first kappa shape index (κ1) is 11.5. The van der Waals surface area contributed by atoms with Crippen LogP contribution in [0, 0.1) is 5.92 Å². The van der Waals surface area contributed by atoms with E-state index in [1.807, 2.05) is 11.0 Å². The molecule has 116 valence electrons. The van der Waals surface area contributed by atoms with Gasteiger partial charge >= 0.3 is 0 Å². The van der Waals surface area contributed by atoms with E-state index in [4.69, 9.17) is 8.85 Å². The second-order valence-electron chi connectivity index (χ2n) is 6.75. The lowest BCUT2D eigenvalue weighted by molar-refractivity contribution is 0.00274. The fourth-order valence-corrected chi connectivity index (χ4v) is 5.11. The Bertz CT molecular complexity index is 615. The molecular weight excluding hydrogens is 258 g/mol. The molecule has 0 amide bonds. The average molecular weight is 290 g/mol. The van der Waals surface area contributed by atoms with Gasteiger partial charge in [-0.3, -0.25) is 0 Å². The summed E-state index contributed by atoms with van der Waals surface area (Å²) in [6.07, 6.45) is 6.68. The van der Waals surface area contributed by atoms with E-state index in [1.165, 1.54) is 30.4 Å². The number of methoxy groups -OCH3 is 1. The Kier molecular flexibility index (Phi) is 2.92. The lowest BCUT2D eigenvalue weighted by Gasteiger charge is -2.58. The molecule has 2 heteroatoms. The maximum Gasteiger partial charge on any atom is 0.119 e. The summed E-state index contributed by atoms with van der Waals surface area (Å²) in [4.78, 5) is 1.81. The first-order valence-corrected chi connectivity index (χ1v) is 7.90. The van der Waals surface area contributed by atoms with Crippen molar-refractivity contribution in [2.24, 2.45) is 5.92 Å². The predicted octanol–water partition coefficient (Wildman–Crippen LogP) is 4.02. The zero-order chi connectivity index (χ0) is 16.2. The SMILES string of the molecule is C.[2H]C([2H])([2H])N1CC[C@@]23CCCC[C@@H]2[C@@H]1Cc1ccc(OC)cc13. The van der Waals surface area contributed by atoms with Crippen molar-refractivity contribution in [2.75, 3.05) is 20.6 Å². The molecule has 0 radical (unpaired) electrons. The fourth-order valence-electron chi connectivity index (χ4n) is 5.11. The molecule has 3 aliphatic rings. The van der Waals surface area contributed by atoms with Gasteiger partial charge < -0.3 is 9.64 Å². The fraction of sp³-hybridized carbons (Fsp3) is 0.684. The molecule has 2 bridgehead atoms. The molecule has 1 saturated heterocycles. The number of likely N-dealkylation sites (tertiary alicyclic amines) is 1. The van der Waals surface area contributed by atoms with Crippen LogP contribution in [0.5, 0.6) is 5.75 Å². The van der Waals surface area contributed by atoms with Crippen LogP contribution in [0.15, 0.2) is 18.2 Å². The van der Waals surface area contributed by atoms with Crippen molar-refractivity contribution in [1.29, 1.82) is 0 Å². The topological polar surface area (TPSA) is 12.5 Å². The van der Waals surface area contributed by atoms with Crippen molar-refractivity contribution >= 4 is 0 Å². The van der Waals surface area contributed by atoms with Crippen LogP contribution in [0.2, 0.25) is 0 Å². The number of hydrogen-bond donors (Lipinski definition) is 0. The first-order chi connectivity index (χ1) is 11.0. The molecule has 1 aromatic rings. The highest BCUT2D eigenvalue weighted by atomic mass is 16.5. The Morgan fingerprint density at radius 3 is 3.05 bits per heavy atom. The molecule has 4 rings (SSSR count). The quantitative estimate of drug-likeness (QED) is 0.774. The molecule has 2 nitrogen and oxygen atoms in total. The molecule has 0 N–H and O–H groups in total. The van der Waals surface area contributed by atoms with Crippen LogP contribution in [0.3, 0.4) is 0 Å². The molecule has 1 saturated carbocycles. The van der Waals surface area contributed by atoms with E-state index in [0.29, 0.717) is 12.5 Å². The number of nitrogens with zero attached hydrogens (tertiary/aromatic N) is 1. The lowest BCUT2D eigenvalue weighted by atomic mass is 9.52. The summed E-state index contributed by atoms with van der Waals surface area (Å²) in [7, 11) is 1.72. The first-order valence-electron chi connectivity index (χ1n) is 9.40. The summed E-state index contributed by atoms with van der Waals surface area (Å²) >= 11 is 0. The van der Waals surface area contributed by atoms with E-state index in [0.717, 1.165) is 25.0 Å². The normalized spacial score (nSPS) is 37.1. The summed E-state index contributed by atoms with van der Waals surface area (Å²) in [5.41, 5.74) is 2.96. The molecule has 21 heavy (non-hydrogen) atoms. The predicted molar refractivity (Wildman–Crippen MR) is 88.1 cm³/mol. The van der Waals surface area contributed by atoms with Crippen LogP contribution >= 0.6 is 0 Å². The molecular formula is C19H29NO. The second-order valence-corrected chi connectivity index (χ2v) is 6.75. The number of rotatable bonds is 1. The molecule has 1 heterocycles. The molecule has 2 aliphatic carbocycles. The smallest absolute Gasteiger partial charge is 0.119 e. The van der Waals surface area contributed by atoms with Crippen molar-refractivity contribution in [3.05, 3.63) is 29.3 Å². The third kappa shape index (κ3) is 2.03.